The standard InChI is InChI=1S/C12H15N/c1-8-11(9-5-6-9)7-10-3-2-4-12(10)13-8/h7,9H,2-6H2,1H3. The zero-order valence-corrected chi connectivity index (χ0v) is 8.14. The molecule has 1 aromatic rings. The van der Waals surface area contributed by atoms with E-state index in [4.69, 9.17) is 4.98 Å². The third-order valence-electron chi connectivity index (χ3n) is 3.30. The molecule has 3 rings (SSSR count). The first-order valence-electron chi connectivity index (χ1n) is 5.34. The van der Waals surface area contributed by atoms with Gasteiger partial charge >= 0.3 is 0 Å². The molecule has 0 saturated heterocycles. The molecule has 1 saturated carbocycles. The molecule has 13 heavy (non-hydrogen) atoms. The Bertz CT molecular complexity index is 350. The maximum Gasteiger partial charge on any atom is 0.0439 e. The van der Waals surface area contributed by atoms with E-state index in [1.165, 1.54) is 49.1 Å². The van der Waals surface area contributed by atoms with Crippen LogP contribution in [-0.4, -0.2) is 4.98 Å². The molecule has 1 heterocycles. The van der Waals surface area contributed by atoms with E-state index >= 15 is 0 Å². The van der Waals surface area contributed by atoms with Crippen molar-refractivity contribution in [2.75, 3.05) is 0 Å². The van der Waals surface area contributed by atoms with Crippen molar-refractivity contribution >= 4 is 0 Å². The minimum Gasteiger partial charge on any atom is -0.258 e. The van der Waals surface area contributed by atoms with E-state index in [0.29, 0.717) is 0 Å². The van der Waals surface area contributed by atoms with Crippen LogP contribution in [0.5, 0.6) is 0 Å². The maximum absolute atomic E-state index is 4.71. The van der Waals surface area contributed by atoms with Gasteiger partial charge in [-0.05, 0) is 56.1 Å². The summed E-state index contributed by atoms with van der Waals surface area (Å²) in [5.74, 6) is 0.860. The fourth-order valence-corrected chi connectivity index (χ4v) is 2.40. The Balaban J connectivity index is 2.10. The number of pyridine rings is 1. The molecule has 0 unspecified atom stereocenters. The number of hydrogen-bond donors (Lipinski definition) is 0. The highest BCUT2D eigenvalue weighted by Gasteiger charge is 2.27. The van der Waals surface area contributed by atoms with E-state index in [0.717, 1.165) is 5.92 Å². The second kappa shape index (κ2) is 2.57. The SMILES string of the molecule is Cc1nc2c(cc1C1CC1)CCC2. The molecule has 2 aliphatic rings. The molecule has 1 nitrogen and oxygen atoms in total. The summed E-state index contributed by atoms with van der Waals surface area (Å²) in [6.45, 7) is 2.17. The van der Waals surface area contributed by atoms with Gasteiger partial charge in [0.1, 0.15) is 0 Å². The van der Waals surface area contributed by atoms with Gasteiger partial charge in [-0.2, -0.15) is 0 Å². The van der Waals surface area contributed by atoms with Gasteiger partial charge in [-0.25, -0.2) is 0 Å². The van der Waals surface area contributed by atoms with E-state index in [9.17, 15) is 0 Å². The molecule has 1 aromatic heterocycles. The Kier molecular flexibility index (Phi) is 1.49. The summed E-state index contributed by atoms with van der Waals surface area (Å²) in [4.78, 5) is 4.71. The highest BCUT2D eigenvalue weighted by Crippen LogP contribution is 2.42. The molecule has 0 aliphatic heterocycles. The van der Waals surface area contributed by atoms with Crippen LogP contribution in [0.25, 0.3) is 0 Å². The summed E-state index contributed by atoms with van der Waals surface area (Å²) in [5, 5.41) is 0. The number of aryl methyl sites for hydroxylation is 3. The van der Waals surface area contributed by atoms with Crippen molar-refractivity contribution in [3.8, 4) is 0 Å². The molecule has 2 aliphatic carbocycles. The van der Waals surface area contributed by atoms with Crippen molar-refractivity contribution in [3.05, 3.63) is 28.6 Å². The van der Waals surface area contributed by atoms with Crippen LogP contribution in [0.3, 0.4) is 0 Å². The summed E-state index contributed by atoms with van der Waals surface area (Å²) < 4.78 is 0. The van der Waals surface area contributed by atoms with E-state index in [1.54, 1.807) is 5.56 Å². The van der Waals surface area contributed by atoms with Crippen molar-refractivity contribution in [2.45, 2.75) is 44.9 Å². The van der Waals surface area contributed by atoms with Gasteiger partial charge < -0.3 is 0 Å². The van der Waals surface area contributed by atoms with Crippen LogP contribution < -0.4 is 0 Å². The smallest absolute Gasteiger partial charge is 0.0439 e. The second-order valence-electron chi connectivity index (χ2n) is 4.40. The van der Waals surface area contributed by atoms with Crippen LogP contribution in [-0.2, 0) is 12.8 Å². The molecular weight excluding hydrogens is 158 g/mol. The largest absolute Gasteiger partial charge is 0.258 e. The molecule has 0 atom stereocenters. The molecule has 0 bridgehead atoms. The summed E-state index contributed by atoms with van der Waals surface area (Å²) >= 11 is 0. The van der Waals surface area contributed by atoms with Gasteiger partial charge in [0.25, 0.3) is 0 Å². The van der Waals surface area contributed by atoms with Gasteiger partial charge in [-0.3, -0.25) is 4.98 Å². The molecule has 0 aromatic carbocycles. The topological polar surface area (TPSA) is 12.9 Å². The second-order valence-corrected chi connectivity index (χ2v) is 4.40. The van der Waals surface area contributed by atoms with Crippen molar-refractivity contribution in [1.29, 1.82) is 0 Å². The van der Waals surface area contributed by atoms with Crippen LogP contribution in [0.2, 0.25) is 0 Å². The van der Waals surface area contributed by atoms with Crippen LogP contribution in [0.1, 0.15) is 47.7 Å². The molecule has 0 N–H and O–H groups in total. The average Bonchev–Trinajstić information content (AvgIpc) is 2.85. The van der Waals surface area contributed by atoms with Gasteiger partial charge in [0.15, 0.2) is 0 Å². The van der Waals surface area contributed by atoms with E-state index in [2.05, 4.69) is 13.0 Å². The molecule has 68 valence electrons. The first-order chi connectivity index (χ1) is 6.34. The first-order valence-corrected chi connectivity index (χ1v) is 5.34. The molecule has 0 radical (unpaired) electrons. The molecule has 0 spiro atoms. The van der Waals surface area contributed by atoms with Crippen LogP contribution in [0.15, 0.2) is 6.07 Å². The molecule has 0 amide bonds. The van der Waals surface area contributed by atoms with E-state index < -0.39 is 0 Å². The van der Waals surface area contributed by atoms with Crippen molar-refractivity contribution in [1.82, 2.24) is 4.98 Å². The van der Waals surface area contributed by atoms with Gasteiger partial charge in [-0.1, -0.05) is 6.07 Å². The predicted molar refractivity (Wildman–Crippen MR) is 53.0 cm³/mol. The fourth-order valence-electron chi connectivity index (χ4n) is 2.40. The van der Waals surface area contributed by atoms with Crippen LogP contribution in [0, 0.1) is 6.92 Å². The molecule has 1 fully saturated rings. The van der Waals surface area contributed by atoms with Crippen molar-refractivity contribution in [2.24, 2.45) is 0 Å². The van der Waals surface area contributed by atoms with Gasteiger partial charge in [0.05, 0.1) is 0 Å². The third-order valence-corrected chi connectivity index (χ3v) is 3.30. The summed E-state index contributed by atoms with van der Waals surface area (Å²) in [5.41, 5.74) is 5.75. The van der Waals surface area contributed by atoms with Crippen LogP contribution in [0.4, 0.5) is 0 Å². The maximum atomic E-state index is 4.71. The van der Waals surface area contributed by atoms with Gasteiger partial charge in [-0.15, -0.1) is 0 Å². The minimum absolute atomic E-state index is 0.860. The van der Waals surface area contributed by atoms with Gasteiger partial charge in [0.2, 0.25) is 0 Å². The lowest BCUT2D eigenvalue weighted by atomic mass is 10.1. The number of nitrogens with zero attached hydrogens (tertiary/aromatic N) is 1. The monoisotopic (exact) mass is 173 g/mol. The average molecular weight is 173 g/mol. The third kappa shape index (κ3) is 1.18. The lowest BCUT2D eigenvalue weighted by molar-refractivity contribution is 0.896. The highest BCUT2D eigenvalue weighted by atomic mass is 14.7. The molecule has 1 heteroatoms. The summed E-state index contributed by atoms with van der Waals surface area (Å²) in [6.07, 6.45) is 6.57. The Morgan fingerprint density at radius 3 is 2.92 bits per heavy atom. The highest BCUT2D eigenvalue weighted by molar-refractivity contribution is 5.36. The fraction of sp³-hybridized carbons (Fsp3) is 0.583. The number of aromatic nitrogens is 1. The quantitative estimate of drug-likeness (QED) is 0.636. The minimum atomic E-state index is 0.860. The Hall–Kier alpha value is -0.850. The Morgan fingerprint density at radius 2 is 2.15 bits per heavy atom. The summed E-state index contributed by atoms with van der Waals surface area (Å²) in [7, 11) is 0. The molecular formula is C12H15N. The lowest BCUT2D eigenvalue weighted by Crippen LogP contribution is -1.96. The number of rotatable bonds is 1. The number of hydrogen-bond acceptors (Lipinski definition) is 1. The van der Waals surface area contributed by atoms with Crippen molar-refractivity contribution < 1.29 is 0 Å². The van der Waals surface area contributed by atoms with E-state index in [1.807, 2.05) is 0 Å². The summed E-state index contributed by atoms with van der Waals surface area (Å²) in [6, 6.07) is 2.43. The first kappa shape index (κ1) is 7.54. The Labute approximate surface area is 79.2 Å². The zero-order chi connectivity index (χ0) is 8.84. The normalized spacial score (nSPS) is 20.4. The zero-order valence-electron chi connectivity index (χ0n) is 8.14. The Morgan fingerprint density at radius 1 is 1.31 bits per heavy atom. The van der Waals surface area contributed by atoms with Gasteiger partial charge in [0, 0.05) is 11.4 Å². The van der Waals surface area contributed by atoms with E-state index in [-0.39, 0.29) is 0 Å². The number of fused-ring (bicyclic) bond motifs is 1. The lowest BCUT2D eigenvalue weighted by Gasteiger charge is -2.06. The predicted octanol–water partition coefficient (Wildman–Crippen LogP) is 2.76. The van der Waals surface area contributed by atoms with Crippen molar-refractivity contribution in [3.63, 3.8) is 0 Å². The van der Waals surface area contributed by atoms with Crippen LogP contribution >= 0.6 is 0 Å².